The van der Waals surface area contributed by atoms with Gasteiger partial charge in [0.15, 0.2) is 0 Å². The molecule has 18 heavy (non-hydrogen) atoms. The standard InChI is InChI=1S/C12H14FNO3S/c1-18-6-2-3-11(15)14-10-7-8(12(16)17)4-5-9(10)13/h4-5,7H,2-3,6H2,1H3,(H,14,15)(H,16,17). The van der Waals surface area contributed by atoms with E-state index in [9.17, 15) is 14.0 Å². The number of anilines is 1. The molecular weight excluding hydrogens is 257 g/mol. The molecule has 0 atom stereocenters. The van der Waals surface area contributed by atoms with Crippen molar-refractivity contribution >= 4 is 29.3 Å². The van der Waals surface area contributed by atoms with Gasteiger partial charge in [-0.3, -0.25) is 4.79 Å². The van der Waals surface area contributed by atoms with Crippen LogP contribution in [-0.2, 0) is 4.79 Å². The van der Waals surface area contributed by atoms with Gasteiger partial charge >= 0.3 is 5.97 Å². The summed E-state index contributed by atoms with van der Waals surface area (Å²) in [4.78, 5) is 22.2. The number of aromatic carboxylic acids is 1. The number of benzene rings is 1. The molecule has 0 heterocycles. The third-order valence-corrected chi connectivity index (χ3v) is 2.94. The smallest absolute Gasteiger partial charge is 0.335 e. The van der Waals surface area contributed by atoms with E-state index in [-0.39, 0.29) is 23.6 Å². The van der Waals surface area contributed by atoms with Crippen LogP contribution in [0.4, 0.5) is 10.1 Å². The zero-order chi connectivity index (χ0) is 13.5. The van der Waals surface area contributed by atoms with Crippen LogP contribution in [0.5, 0.6) is 0 Å². The number of nitrogens with one attached hydrogen (secondary N) is 1. The maximum absolute atomic E-state index is 13.4. The van der Waals surface area contributed by atoms with Crippen LogP contribution in [0.25, 0.3) is 0 Å². The second kappa shape index (κ2) is 7.00. The summed E-state index contributed by atoms with van der Waals surface area (Å²) in [6, 6.07) is 3.30. The number of carboxylic acids is 1. The van der Waals surface area contributed by atoms with Crippen molar-refractivity contribution in [1.29, 1.82) is 0 Å². The molecule has 0 radical (unpaired) electrons. The number of amides is 1. The summed E-state index contributed by atoms with van der Waals surface area (Å²) in [6.07, 6.45) is 2.93. The van der Waals surface area contributed by atoms with Gasteiger partial charge in [0.2, 0.25) is 5.91 Å². The third-order valence-electron chi connectivity index (χ3n) is 2.24. The second-order valence-corrected chi connectivity index (χ2v) is 4.63. The maximum atomic E-state index is 13.4. The Labute approximate surface area is 109 Å². The van der Waals surface area contributed by atoms with Gasteiger partial charge < -0.3 is 10.4 Å². The Bertz CT molecular complexity index is 451. The molecule has 0 aliphatic heterocycles. The lowest BCUT2D eigenvalue weighted by atomic mass is 10.2. The van der Waals surface area contributed by atoms with Crippen molar-refractivity contribution in [3.05, 3.63) is 29.6 Å². The van der Waals surface area contributed by atoms with Crippen molar-refractivity contribution in [3.63, 3.8) is 0 Å². The minimum absolute atomic E-state index is 0.0594. The summed E-state index contributed by atoms with van der Waals surface area (Å²) in [5.41, 5.74) is -0.153. The zero-order valence-corrected chi connectivity index (χ0v) is 10.7. The van der Waals surface area contributed by atoms with Crippen LogP contribution in [-0.4, -0.2) is 29.0 Å². The predicted octanol–water partition coefficient (Wildman–Crippen LogP) is 2.61. The number of carboxylic acid groups (broad SMARTS) is 1. The van der Waals surface area contributed by atoms with Gasteiger partial charge in [-0.05, 0) is 36.6 Å². The fraction of sp³-hybridized carbons (Fsp3) is 0.333. The molecule has 0 saturated heterocycles. The van der Waals surface area contributed by atoms with E-state index in [0.717, 1.165) is 24.0 Å². The number of thioether (sulfide) groups is 1. The van der Waals surface area contributed by atoms with Crippen molar-refractivity contribution in [2.45, 2.75) is 12.8 Å². The van der Waals surface area contributed by atoms with Crippen LogP contribution in [0.3, 0.4) is 0 Å². The Hall–Kier alpha value is -1.56. The van der Waals surface area contributed by atoms with Crippen molar-refractivity contribution in [2.75, 3.05) is 17.3 Å². The van der Waals surface area contributed by atoms with E-state index in [0.29, 0.717) is 6.42 Å². The third kappa shape index (κ3) is 4.37. The maximum Gasteiger partial charge on any atom is 0.335 e. The molecule has 1 aromatic rings. The number of carbonyl (C=O) groups is 2. The molecule has 1 amide bonds. The summed E-state index contributed by atoms with van der Waals surface area (Å²) in [7, 11) is 0. The Morgan fingerprint density at radius 3 is 2.78 bits per heavy atom. The van der Waals surface area contributed by atoms with Gasteiger partial charge in [-0.15, -0.1) is 0 Å². The van der Waals surface area contributed by atoms with E-state index in [1.807, 2.05) is 6.26 Å². The SMILES string of the molecule is CSCCCC(=O)Nc1cc(C(=O)O)ccc1F. The highest BCUT2D eigenvalue weighted by atomic mass is 32.2. The lowest BCUT2D eigenvalue weighted by Gasteiger charge is -2.07. The topological polar surface area (TPSA) is 66.4 Å². The van der Waals surface area contributed by atoms with Crippen LogP contribution >= 0.6 is 11.8 Å². The summed E-state index contributed by atoms with van der Waals surface area (Å²) in [5, 5.41) is 11.1. The molecule has 0 aromatic heterocycles. The Balaban J connectivity index is 2.68. The molecule has 0 spiro atoms. The molecule has 98 valence electrons. The molecule has 0 aliphatic rings. The first-order valence-corrected chi connectivity index (χ1v) is 6.75. The highest BCUT2D eigenvalue weighted by Crippen LogP contribution is 2.16. The number of hydrogen-bond donors (Lipinski definition) is 2. The highest BCUT2D eigenvalue weighted by Gasteiger charge is 2.10. The summed E-state index contributed by atoms with van der Waals surface area (Å²) >= 11 is 1.63. The second-order valence-electron chi connectivity index (χ2n) is 3.64. The average molecular weight is 271 g/mol. The minimum atomic E-state index is -1.16. The van der Waals surface area contributed by atoms with Crippen LogP contribution in [0, 0.1) is 5.82 Å². The minimum Gasteiger partial charge on any atom is -0.478 e. The molecule has 1 rings (SSSR count). The fourth-order valence-electron chi connectivity index (χ4n) is 1.34. The van der Waals surface area contributed by atoms with Crippen molar-refractivity contribution in [1.82, 2.24) is 0 Å². The Morgan fingerprint density at radius 1 is 1.44 bits per heavy atom. The van der Waals surface area contributed by atoms with E-state index < -0.39 is 11.8 Å². The highest BCUT2D eigenvalue weighted by molar-refractivity contribution is 7.98. The van der Waals surface area contributed by atoms with Crippen LogP contribution in [0.15, 0.2) is 18.2 Å². The van der Waals surface area contributed by atoms with Crippen LogP contribution in [0.1, 0.15) is 23.2 Å². The number of halogens is 1. The molecule has 2 N–H and O–H groups in total. The van der Waals surface area contributed by atoms with Gasteiger partial charge in [-0.25, -0.2) is 9.18 Å². The van der Waals surface area contributed by atoms with Gasteiger partial charge in [-0.1, -0.05) is 0 Å². The van der Waals surface area contributed by atoms with E-state index >= 15 is 0 Å². The van der Waals surface area contributed by atoms with Crippen molar-refractivity contribution in [2.24, 2.45) is 0 Å². The monoisotopic (exact) mass is 271 g/mol. The van der Waals surface area contributed by atoms with Gasteiger partial charge in [0.25, 0.3) is 0 Å². The largest absolute Gasteiger partial charge is 0.478 e. The van der Waals surface area contributed by atoms with Crippen LogP contribution < -0.4 is 5.32 Å². The summed E-state index contributed by atoms with van der Waals surface area (Å²) in [6.45, 7) is 0. The van der Waals surface area contributed by atoms with Gasteiger partial charge in [0.05, 0.1) is 11.3 Å². The summed E-state index contributed by atoms with van der Waals surface area (Å²) < 4.78 is 13.4. The molecule has 1 aromatic carbocycles. The number of hydrogen-bond acceptors (Lipinski definition) is 3. The van der Waals surface area contributed by atoms with Crippen LogP contribution in [0.2, 0.25) is 0 Å². The lowest BCUT2D eigenvalue weighted by molar-refractivity contribution is -0.116. The quantitative estimate of drug-likeness (QED) is 0.780. The summed E-state index contributed by atoms with van der Waals surface area (Å²) in [5.74, 6) is -1.26. The molecule has 0 saturated carbocycles. The van der Waals surface area contributed by atoms with E-state index in [1.54, 1.807) is 11.8 Å². The van der Waals surface area contributed by atoms with E-state index in [2.05, 4.69) is 5.32 Å². The molecule has 0 bridgehead atoms. The van der Waals surface area contributed by atoms with Crippen molar-refractivity contribution < 1.29 is 19.1 Å². The number of carbonyl (C=O) groups excluding carboxylic acids is 1. The van der Waals surface area contributed by atoms with E-state index in [1.165, 1.54) is 0 Å². The first kappa shape index (κ1) is 14.5. The van der Waals surface area contributed by atoms with Gasteiger partial charge in [0.1, 0.15) is 5.82 Å². The fourth-order valence-corrected chi connectivity index (χ4v) is 1.78. The first-order valence-electron chi connectivity index (χ1n) is 5.36. The molecule has 0 fully saturated rings. The normalized spacial score (nSPS) is 10.1. The van der Waals surface area contributed by atoms with Crippen molar-refractivity contribution in [3.8, 4) is 0 Å². The molecule has 0 unspecified atom stereocenters. The molecular formula is C12H14FNO3S. The van der Waals surface area contributed by atoms with E-state index in [4.69, 9.17) is 5.11 Å². The van der Waals surface area contributed by atoms with Gasteiger partial charge in [0, 0.05) is 6.42 Å². The predicted molar refractivity (Wildman–Crippen MR) is 69.6 cm³/mol. The molecule has 6 heteroatoms. The average Bonchev–Trinajstić information content (AvgIpc) is 2.32. The Morgan fingerprint density at radius 2 is 2.17 bits per heavy atom. The number of rotatable bonds is 6. The lowest BCUT2D eigenvalue weighted by Crippen LogP contribution is -2.13. The molecule has 0 aliphatic carbocycles. The Kier molecular flexibility index (Phi) is 5.64. The zero-order valence-electron chi connectivity index (χ0n) is 9.90. The van der Waals surface area contributed by atoms with Gasteiger partial charge in [-0.2, -0.15) is 11.8 Å². The first-order chi connectivity index (χ1) is 8.54. The molecule has 4 nitrogen and oxygen atoms in total.